The molecule has 3 aromatic carbocycles. The van der Waals surface area contributed by atoms with Crippen molar-refractivity contribution in [1.82, 2.24) is 0 Å². The van der Waals surface area contributed by atoms with Gasteiger partial charge in [0, 0.05) is 12.0 Å². The second-order valence-electron chi connectivity index (χ2n) is 8.60. The first-order chi connectivity index (χ1) is 17.1. The largest absolute Gasteiger partial charge is 0.343 e. The van der Waals surface area contributed by atoms with Crippen LogP contribution in [0.4, 0.5) is 0 Å². The molecule has 0 aromatic heterocycles. The van der Waals surface area contributed by atoms with Gasteiger partial charge in [0.2, 0.25) is 0 Å². The summed E-state index contributed by atoms with van der Waals surface area (Å²) in [7, 11) is -8.00. The van der Waals surface area contributed by atoms with Gasteiger partial charge in [-0.15, -0.1) is 0 Å². The molecule has 3 atom stereocenters. The third-order valence-corrected chi connectivity index (χ3v) is 8.26. The van der Waals surface area contributed by atoms with E-state index in [0.717, 1.165) is 11.1 Å². The van der Waals surface area contributed by atoms with Gasteiger partial charge in [0.25, 0.3) is 20.2 Å². The Hall–Kier alpha value is -2.60. The van der Waals surface area contributed by atoms with Crippen LogP contribution < -0.4 is 0 Å². The van der Waals surface area contributed by atoms with E-state index in [4.69, 9.17) is 17.8 Å². The van der Waals surface area contributed by atoms with Crippen molar-refractivity contribution in [1.29, 1.82) is 0 Å². The lowest BCUT2D eigenvalue weighted by atomic mass is 10.1. The highest BCUT2D eigenvalue weighted by Crippen LogP contribution is 2.31. The molecule has 1 saturated heterocycles. The van der Waals surface area contributed by atoms with E-state index in [1.54, 1.807) is 36.4 Å². The van der Waals surface area contributed by atoms with Crippen LogP contribution in [0.5, 0.6) is 0 Å². The zero-order valence-electron chi connectivity index (χ0n) is 19.9. The maximum Gasteiger partial charge on any atom is 0.297 e. The molecule has 8 nitrogen and oxygen atoms in total. The van der Waals surface area contributed by atoms with Gasteiger partial charge in [-0.05, 0) is 38.1 Å². The Balaban J connectivity index is 1.46. The molecule has 0 N–H and O–H groups in total. The lowest BCUT2D eigenvalue weighted by Gasteiger charge is -2.35. The van der Waals surface area contributed by atoms with Gasteiger partial charge < -0.3 is 9.47 Å². The zero-order valence-corrected chi connectivity index (χ0v) is 21.6. The Bertz CT molecular complexity index is 1270. The molecule has 1 aliphatic rings. The third-order valence-electron chi connectivity index (χ3n) is 5.67. The summed E-state index contributed by atoms with van der Waals surface area (Å²) in [5.74, 6) is 0. The van der Waals surface area contributed by atoms with Gasteiger partial charge >= 0.3 is 0 Å². The van der Waals surface area contributed by atoms with Crippen molar-refractivity contribution in [3.8, 4) is 0 Å². The summed E-state index contributed by atoms with van der Waals surface area (Å²) in [4.78, 5) is 0.0905. The molecule has 1 fully saturated rings. The van der Waals surface area contributed by atoms with Crippen molar-refractivity contribution in [3.05, 3.63) is 95.6 Å². The van der Waals surface area contributed by atoms with Crippen LogP contribution >= 0.6 is 0 Å². The predicted molar refractivity (Wildman–Crippen MR) is 132 cm³/mol. The number of hydrogen-bond donors (Lipinski definition) is 0. The monoisotopic (exact) mass is 532 g/mol. The summed E-state index contributed by atoms with van der Waals surface area (Å²) in [5.41, 5.74) is 2.56. The molecule has 0 radical (unpaired) electrons. The first kappa shape index (κ1) is 26.5. The third kappa shape index (κ3) is 6.78. The van der Waals surface area contributed by atoms with Gasteiger partial charge in [0.05, 0.1) is 35.2 Å². The molecule has 0 bridgehead atoms. The first-order valence-corrected chi connectivity index (χ1v) is 14.2. The maximum absolute atomic E-state index is 12.6. The Morgan fingerprint density at radius 1 is 0.667 bits per heavy atom. The van der Waals surface area contributed by atoms with Crippen molar-refractivity contribution in [2.75, 3.05) is 13.2 Å². The Labute approximate surface area is 212 Å². The fourth-order valence-electron chi connectivity index (χ4n) is 3.64. The van der Waals surface area contributed by atoms with Crippen molar-refractivity contribution in [2.24, 2.45) is 0 Å². The van der Waals surface area contributed by atoms with Crippen molar-refractivity contribution >= 4 is 20.2 Å². The van der Waals surface area contributed by atoms with E-state index >= 15 is 0 Å². The van der Waals surface area contributed by atoms with Crippen LogP contribution in [0.25, 0.3) is 0 Å². The van der Waals surface area contributed by atoms with Crippen LogP contribution in [0.1, 0.15) is 29.4 Å². The summed E-state index contributed by atoms with van der Waals surface area (Å²) in [6, 6.07) is 21.8. The molecule has 0 saturated carbocycles. The van der Waals surface area contributed by atoms with E-state index in [1.807, 2.05) is 32.0 Å². The second kappa shape index (κ2) is 11.2. The van der Waals surface area contributed by atoms with Gasteiger partial charge in [0.1, 0.15) is 0 Å². The highest BCUT2D eigenvalue weighted by molar-refractivity contribution is 7.87. The van der Waals surface area contributed by atoms with Crippen LogP contribution in [0.15, 0.2) is 88.7 Å². The van der Waals surface area contributed by atoms with Crippen LogP contribution in [0, 0.1) is 13.8 Å². The minimum Gasteiger partial charge on any atom is -0.343 e. The first-order valence-electron chi connectivity index (χ1n) is 11.4. The van der Waals surface area contributed by atoms with E-state index in [2.05, 4.69) is 0 Å². The molecule has 1 heterocycles. The fourth-order valence-corrected chi connectivity index (χ4v) is 5.52. The molecule has 3 aromatic rings. The summed E-state index contributed by atoms with van der Waals surface area (Å²) < 4.78 is 73.1. The van der Waals surface area contributed by atoms with Crippen LogP contribution in [0.2, 0.25) is 0 Å². The van der Waals surface area contributed by atoms with E-state index in [9.17, 15) is 16.8 Å². The standard InChI is InChI=1S/C26H28O8S2/c1-19-8-12-24(13-9-19)35(27,28)31-17-22-16-23(34-26(33-22)21-6-4-3-5-7-21)18-32-36(29,30)25-14-10-20(2)11-15-25/h3-15,22-23,26H,16-18H2,1-2H3/t22-,23+,26?. The SMILES string of the molecule is Cc1ccc(S(=O)(=O)OC[C@@H]2C[C@H](COS(=O)(=O)c3ccc(C)cc3)OC(c3ccccc3)O2)cc1. The predicted octanol–water partition coefficient (Wildman–Crippen LogP) is 4.29. The fraction of sp³-hybridized carbons (Fsp3) is 0.308. The van der Waals surface area contributed by atoms with Crippen LogP contribution in [0.3, 0.4) is 0 Å². The topological polar surface area (TPSA) is 105 Å². The van der Waals surface area contributed by atoms with Gasteiger partial charge in [0.15, 0.2) is 6.29 Å². The number of rotatable bonds is 9. The highest BCUT2D eigenvalue weighted by Gasteiger charge is 2.34. The van der Waals surface area contributed by atoms with E-state index in [0.29, 0.717) is 5.56 Å². The molecular weight excluding hydrogens is 504 g/mol. The molecular formula is C26H28O8S2. The van der Waals surface area contributed by atoms with E-state index in [-0.39, 0.29) is 29.4 Å². The second-order valence-corrected chi connectivity index (χ2v) is 11.8. The lowest BCUT2D eigenvalue weighted by Crippen LogP contribution is -2.39. The van der Waals surface area contributed by atoms with Crippen molar-refractivity contribution in [3.63, 3.8) is 0 Å². The molecule has 0 aliphatic carbocycles. The van der Waals surface area contributed by atoms with E-state index in [1.165, 1.54) is 24.3 Å². The smallest absolute Gasteiger partial charge is 0.297 e. The van der Waals surface area contributed by atoms with Crippen LogP contribution in [-0.2, 0) is 38.1 Å². The molecule has 1 aliphatic heterocycles. The van der Waals surface area contributed by atoms with Gasteiger partial charge in [-0.3, -0.25) is 8.37 Å². The van der Waals surface area contributed by atoms with Crippen LogP contribution in [-0.4, -0.2) is 42.3 Å². The van der Waals surface area contributed by atoms with Crippen molar-refractivity contribution < 1.29 is 34.7 Å². The summed E-state index contributed by atoms with van der Waals surface area (Å²) in [5, 5.41) is 0. The van der Waals surface area contributed by atoms with Gasteiger partial charge in [-0.2, -0.15) is 16.8 Å². The number of ether oxygens (including phenoxy) is 2. The van der Waals surface area contributed by atoms with E-state index < -0.39 is 38.7 Å². The Morgan fingerprint density at radius 3 is 1.50 bits per heavy atom. The quantitative estimate of drug-likeness (QED) is 0.376. The molecule has 10 heteroatoms. The number of aryl methyl sites for hydroxylation is 2. The minimum atomic E-state index is -4.00. The highest BCUT2D eigenvalue weighted by atomic mass is 32.2. The molecule has 0 amide bonds. The molecule has 36 heavy (non-hydrogen) atoms. The minimum absolute atomic E-state index is 0.0452. The Morgan fingerprint density at radius 2 is 1.08 bits per heavy atom. The molecule has 192 valence electrons. The summed E-state index contributed by atoms with van der Waals surface area (Å²) in [6.07, 6.45) is -2.03. The molecule has 0 spiro atoms. The van der Waals surface area contributed by atoms with Gasteiger partial charge in [-0.25, -0.2) is 0 Å². The molecule has 1 unspecified atom stereocenters. The summed E-state index contributed by atoms with van der Waals surface area (Å²) in [6.45, 7) is 3.20. The maximum atomic E-state index is 12.6. The Kier molecular flexibility index (Phi) is 8.23. The number of hydrogen-bond acceptors (Lipinski definition) is 8. The zero-order chi connectivity index (χ0) is 25.8. The van der Waals surface area contributed by atoms with Crippen molar-refractivity contribution in [2.45, 2.75) is 48.6 Å². The van der Waals surface area contributed by atoms with Gasteiger partial charge in [-0.1, -0.05) is 65.7 Å². The number of benzene rings is 3. The molecule has 4 rings (SSSR count). The normalized spacial score (nSPS) is 20.8. The average molecular weight is 533 g/mol. The lowest BCUT2D eigenvalue weighted by molar-refractivity contribution is -0.256. The average Bonchev–Trinajstić information content (AvgIpc) is 2.87. The summed E-state index contributed by atoms with van der Waals surface area (Å²) >= 11 is 0.